The summed E-state index contributed by atoms with van der Waals surface area (Å²) in [5, 5.41) is 6.12. The van der Waals surface area contributed by atoms with Crippen molar-refractivity contribution in [2.24, 2.45) is 0 Å². The van der Waals surface area contributed by atoms with E-state index in [2.05, 4.69) is 26.6 Å². The van der Waals surface area contributed by atoms with Gasteiger partial charge in [-0.1, -0.05) is 18.2 Å². The summed E-state index contributed by atoms with van der Waals surface area (Å²) in [6, 6.07) is 12.3. The van der Waals surface area contributed by atoms with Crippen LogP contribution < -0.4 is 15.4 Å². The third-order valence-electron chi connectivity index (χ3n) is 4.11. The van der Waals surface area contributed by atoms with Crippen LogP contribution in [0.25, 0.3) is 0 Å². The molecule has 2 aromatic rings. The summed E-state index contributed by atoms with van der Waals surface area (Å²) in [6.45, 7) is 5.30. The number of amides is 1. The Kier molecular flexibility index (Phi) is 6.94. The molecule has 0 aliphatic heterocycles. The van der Waals surface area contributed by atoms with Crippen LogP contribution >= 0.6 is 15.9 Å². The van der Waals surface area contributed by atoms with Gasteiger partial charge >= 0.3 is 0 Å². The second kappa shape index (κ2) is 8.96. The van der Waals surface area contributed by atoms with Crippen LogP contribution in [0.5, 0.6) is 5.75 Å². The number of Topliss-reactive ketones (excluding diaryl/α,β-unsaturated/α-hetero) is 1. The van der Waals surface area contributed by atoms with Gasteiger partial charge in [0.2, 0.25) is 5.91 Å². The van der Waals surface area contributed by atoms with Crippen LogP contribution in [0.2, 0.25) is 0 Å². The molecule has 0 unspecified atom stereocenters. The lowest BCUT2D eigenvalue weighted by Crippen LogP contribution is -2.39. The van der Waals surface area contributed by atoms with Crippen LogP contribution in [0.4, 0.5) is 5.69 Å². The number of ether oxygens (including phenoxy) is 1. The molecule has 2 N–H and O–H groups in total. The van der Waals surface area contributed by atoms with Crippen molar-refractivity contribution in [3.05, 3.63) is 58.1 Å². The highest BCUT2D eigenvalue weighted by Gasteiger charge is 2.17. The molecule has 2 atom stereocenters. The average molecular weight is 419 g/mol. The van der Waals surface area contributed by atoms with Gasteiger partial charge < -0.3 is 10.1 Å². The van der Waals surface area contributed by atoms with E-state index >= 15 is 0 Å². The highest BCUT2D eigenvalue weighted by atomic mass is 79.9. The Morgan fingerprint density at radius 1 is 1.12 bits per heavy atom. The molecule has 0 radical (unpaired) electrons. The van der Waals surface area contributed by atoms with Crippen LogP contribution in [0.3, 0.4) is 0 Å². The fourth-order valence-electron chi connectivity index (χ4n) is 2.57. The molecule has 0 saturated heterocycles. The molecule has 0 heterocycles. The first-order valence-electron chi connectivity index (χ1n) is 8.33. The van der Waals surface area contributed by atoms with Gasteiger partial charge in [0.05, 0.1) is 17.6 Å². The molecule has 0 fully saturated rings. The largest absolute Gasteiger partial charge is 0.496 e. The molecule has 0 aliphatic rings. The third-order valence-corrected chi connectivity index (χ3v) is 4.73. The van der Waals surface area contributed by atoms with E-state index in [1.807, 2.05) is 25.1 Å². The maximum absolute atomic E-state index is 12.4. The van der Waals surface area contributed by atoms with E-state index in [1.165, 1.54) is 6.92 Å². The van der Waals surface area contributed by atoms with Crippen LogP contribution in [-0.4, -0.2) is 24.8 Å². The number of hydrogen-bond donors (Lipinski definition) is 2. The van der Waals surface area contributed by atoms with Gasteiger partial charge in [0.25, 0.3) is 0 Å². The summed E-state index contributed by atoms with van der Waals surface area (Å²) < 4.78 is 6.10. The number of rotatable bonds is 7. The maximum Gasteiger partial charge on any atom is 0.241 e. The van der Waals surface area contributed by atoms with Gasteiger partial charge in [-0.3, -0.25) is 14.9 Å². The monoisotopic (exact) mass is 418 g/mol. The van der Waals surface area contributed by atoms with E-state index in [9.17, 15) is 9.59 Å². The molecule has 5 nitrogen and oxygen atoms in total. The van der Waals surface area contributed by atoms with Crippen LogP contribution in [0.1, 0.15) is 42.7 Å². The zero-order chi connectivity index (χ0) is 19.3. The number of ketones is 1. The topological polar surface area (TPSA) is 67.4 Å². The molecule has 0 saturated carbocycles. The summed E-state index contributed by atoms with van der Waals surface area (Å²) in [5.74, 6) is 0.563. The van der Waals surface area contributed by atoms with Crippen molar-refractivity contribution in [2.45, 2.75) is 32.9 Å². The normalized spacial score (nSPS) is 13.0. The number of carbonyl (C=O) groups excluding carboxylic acids is 2. The Morgan fingerprint density at radius 3 is 2.46 bits per heavy atom. The van der Waals surface area contributed by atoms with E-state index in [-0.39, 0.29) is 17.7 Å². The lowest BCUT2D eigenvalue weighted by atomic mass is 10.1. The Balaban J connectivity index is 2.01. The van der Waals surface area contributed by atoms with Gasteiger partial charge in [-0.15, -0.1) is 0 Å². The standard InChI is InChI=1S/C20H23BrN2O3/c1-12(15-8-9-19(26-4)18(21)11-15)22-13(2)20(25)23-17-7-5-6-16(10-17)14(3)24/h5-13,22H,1-4H3,(H,23,25)/t12-,13+/m1/s1. The molecule has 0 aromatic heterocycles. The molecule has 6 heteroatoms. The van der Waals surface area contributed by atoms with E-state index in [0.29, 0.717) is 11.3 Å². The fourth-order valence-corrected chi connectivity index (χ4v) is 3.12. The number of carbonyl (C=O) groups is 2. The number of benzene rings is 2. The minimum absolute atomic E-state index is 0.0264. The lowest BCUT2D eigenvalue weighted by molar-refractivity contribution is -0.117. The second-order valence-corrected chi connectivity index (χ2v) is 6.98. The predicted molar refractivity (Wildman–Crippen MR) is 107 cm³/mol. The molecule has 0 bridgehead atoms. The molecule has 138 valence electrons. The average Bonchev–Trinajstić information content (AvgIpc) is 2.61. The number of methoxy groups -OCH3 is 1. The summed E-state index contributed by atoms with van der Waals surface area (Å²) in [5.41, 5.74) is 2.21. The zero-order valence-corrected chi connectivity index (χ0v) is 16.9. The van der Waals surface area contributed by atoms with Gasteiger partial charge in [-0.2, -0.15) is 0 Å². The smallest absolute Gasteiger partial charge is 0.241 e. The minimum atomic E-state index is -0.410. The van der Waals surface area contributed by atoms with Crippen molar-refractivity contribution in [3.8, 4) is 5.75 Å². The van der Waals surface area contributed by atoms with Crippen molar-refractivity contribution in [1.29, 1.82) is 0 Å². The van der Waals surface area contributed by atoms with E-state index < -0.39 is 6.04 Å². The molecular formula is C20H23BrN2O3. The van der Waals surface area contributed by atoms with Crippen molar-refractivity contribution >= 4 is 33.3 Å². The predicted octanol–water partition coefficient (Wildman–Crippen LogP) is 4.34. The van der Waals surface area contributed by atoms with Gasteiger partial charge in [0.1, 0.15) is 5.75 Å². The van der Waals surface area contributed by atoms with Crippen molar-refractivity contribution in [1.82, 2.24) is 5.32 Å². The summed E-state index contributed by atoms with van der Waals surface area (Å²) in [7, 11) is 1.62. The van der Waals surface area contributed by atoms with Gasteiger partial charge in [0.15, 0.2) is 5.78 Å². The molecular weight excluding hydrogens is 396 g/mol. The number of halogens is 1. The second-order valence-electron chi connectivity index (χ2n) is 6.13. The summed E-state index contributed by atoms with van der Waals surface area (Å²) in [6.07, 6.45) is 0. The lowest BCUT2D eigenvalue weighted by Gasteiger charge is -2.20. The molecule has 0 aliphatic carbocycles. The molecule has 0 spiro atoms. The molecule has 1 amide bonds. The summed E-state index contributed by atoms with van der Waals surface area (Å²) in [4.78, 5) is 23.9. The minimum Gasteiger partial charge on any atom is -0.496 e. The van der Waals surface area contributed by atoms with Crippen molar-refractivity contribution in [3.63, 3.8) is 0 Å². The maximum atomic E-state index is 12.4. The van der Waals surface area contributed by atoms with Crippen LogP contribution in [0, 0.1) is 0 Å². The zero-order valence-electron chi connectivity index (χ0n) is 15.3. The third kappa shape index (κ3) is 5.16. The van der Waals surface area contributed by atoms with E-state index in [1.54, 1.807) is 38.3 Å². The van der Waals surface area contributed by atoms with Crippen molar-refractivity contribution in [2.75, 3.05) is 12.4 Å². The van der Waals surface area contributed by atoms with E-state index in [0.717, 1.165) is 15.8 Å². The number of hydrogen-bond acceptors (Lipinski definition) is 4. The van der Waals surface area contributed by atoms with Crippen LogP contribution in [-0.2, 0) is 4.79 Å². The quantitative estimate of drug-likeness (QED) is 0.656. The Labute approximate surface area is 162 Å². The Morgan fingerprint density at radius 2 is 1.85 bits per heavy atom. The fraction of sp³-hybridized carbons (Fsp3) is 0.300. The molecule has 26 heavy (non-hydrogen) atoms. The first kappa shape index (κ1) is 20.1. The Hall–Kier alpha value is -2.18. The SMILES string of the molecule is COc1ccc([C@@H](C)N[C@@H](C)C(=O)Nc2cccc(C(C)=O)c2)cc1Br. The van der Waals surface area contributed by atoms with Crippen LogP contribution in [0.15, 0.2) is 46.9 Å². The van der Waals surface area contributed by atoms with Crippen molar-refractivity contribution < 1.29 is 14.3 Å². The van der Waals surface area contributed by atoms with Gasteiger partial charge in [0, 0.05) is 17.3 Å². The highest BCUT2D eigenvalue weighted by molar-refractivity contribution is 9.10. The first-order valence-corrected chi connectivity index (χ1v) is 9.12. The Bertz CT molecular complexity index is 807. The number of nitrogens with one attached hydrogen (secondary N) is 2. The highest BCUT2D eigenvalue weighted by Crippen LogP contribution is 2.28. The number of anilines is 1. The molecule has 2 aromatic carbocycles. The van der Waals surface area contributed by atoms with Gasteiger partial charge in [-0.05, 0) is 66.5 Å². The van der Waals surface area contributed by atoms with Gasteiger partial charge in [-0.25, -0.2) is 0 Å². The molecule has 2 rings (SSSR count). The van der Waals surface area contributed by atoms with E-state index in [4.69, 9.17) is 4.74 Å². The first-order chi connectivity index (χ1) is 12.3. The summed E-state index contributed by atoms with van der Waals surface area (Å²) >= 11 is 3.47.